The van der Waals surface area contributed by atoms with E-state index in [1.165, 1.54) is 0 Å². The van der Waals surface area contributed by atoms with Crippen LogP contribution in [0.3, 0.4) is 0 Å². The van der Waals surface area contributed by atoms with E-state index >= 15 is 0 Å². The van der Waals surface area contributed by atoms with Gasteiger partial charge in [0.15, 0.2) is 11.5 Å². The lowest BCUT2D eigenvalue weighted by atomic mass is 10.0. The Labute approximate surface area is 146 Å². The number of methoxy groups -OCH3 is 2. The van der Waals surface area contributed by atoms with Gasteiger partial charge in [0.25, 0.3) is 5.91 Å². The first-order valence-corrected chi connectivity index (χ1v) is 7.89. The maximum Gasteiger partial charge on any atom is 0.254 e. The fourth-order valence-corrected chi connectivity index (χ4v) is 2.74. The number of nitrogens with zero attached hydrogens (tertiary/aromatic N) is 2. The fourth-order valence-electron chi connectivity index (χ4n) is 2.74. The Morgan fingerprint density at radius 1 is 0.960 bits per heavy atom. The van der Waals surface area contributed by atoms with Gasteiger partial charge >= 0.3 is 0 Å². The molecule has 5 heteroatoms. The highest BCUT2D eigenvalue weighted by atomic mass is 16.5. The topological polar surface area (TPSA) is 51.7 Å². The van der Waals surface area contributed by atoms with Gasteiger partial charge in [-0.1, -0.05) is 18.2 Å². The quantitative estimate of drug-likeness (QED) is 0.730. The van der Waals surface area contributed by atoms with Gasteiger partial charge in [0.1, 0.15) is 0 Å². The minimum atomic E-state index is -0.0553. The first kappa shape index (κ1) is 16.8. The zero-order valence-electron chi connectivity index (χ0n) is 14.7. The van der Waals surface area contributed by atoms with Crippen molar-refractivity contribution in [2.24, 2.45) is 0 Å². The van der Waals surface area contributed by atoms with Crippen molar-refractivity contribution in [1.29, 1.82) is 0 Å². The van der Waals surface area contributed by atoms with Crippen LogP contribution in [-0.2, 0) is 0 Å². The molecule has 1 aromatic heterocycles. The van der Waals surface area contributed by atoms with Crippen LogP contribution in [0.15, 0.2) is 48.5 Å². The number of fused-ring (bicyclic) bond motifs is 1. The highest BCUT2D eigenvalue weighted by Gasteiger charge is 2.16. The van der Waals surface area contributed by atoms with Gasteiger partial charge < -0.3 is 14.4 Å². The second kappa shape index (κ2) is 6.81. The number of para-hydroxylation sites is 1. The number of ether oxygens (including phenoxy) is 2. The van der Waals surface area contributed by atoms with Crippen molar-refractivity contribution in [1.82, 2.24) is 9.88 Å². The van der Waals surface area contributed by atoms with E-state index in [0.717, 1.165) is 16.5 Å². The maximum atomic E-state index is 12.6. The average molecular weight is 336 g/mol. The molecule has 1 heterocycles. The largest absolute Gasteiger partial charge is 0.493 e. The molecule has 5 nitrogen and oxygen atoms in total. The molecule has 2 aromatic carbocycles. The number of hydrogen-bond acceptors (Lipinski definition) is 4. The summed E-state index contributed by atoms with van der Waals surface area (Å²) in [4.78, 5) is 18.9. The molecule has 0 saturated carbocycles. The van der Waals surface area contributed by atoms with Gasteiger partial charge in [0.05, 0.1) is 31.0 Å². The van der Waals surface area contributed by atoms with Crippen LogP contribution < -0.4 is 9.47 Å². The number of rotatable bonds is 4. The van der Waals surface area contributed by atoms with Gasteiger partial charge in [-0.3, -0.25) is 4.79 Å². The standard InChI is InChI=1S/C20H20N2O3/c1-22(2)20(23)15-12-17(21-16-8-6-5-7-14(15)16)13-9-10-18(24-3)19(11-13)25-4/h5-12H,1-4H3. The lowest BCUT2D eigenvalue weighted by Gasteiger charge is -2.14. The number of carbonyl (C=O) groups is 1. The third kappa shape index (κ3) is 3.13. The molecule has 0 aliphatic rings. The molecule has 25 heavy (non-hydrogen) atoms. The van der Waals surface area contributed by atoms with Gasteiger partial charge in [0, 0.05) is 25.0 Å². The molecule has 0 spiro atoms. The Morgan fingerprint density at radius 2 is 1.68 bits per heavy atom. The minimum absolute atomic E-state index is 0.0553. The van der Waals surface area contributed by atoms with E-state index in [0.29, 0.717) is 22.8 Å². The van der Waals surface area contributed by atoms with Crippen LogP contribution in [-0.4, -0.2) is 44.1 Å². The first-order valence-electron chi connectivity index (χ1n) is 7.89. The van der Waals surface area contributed by atoms with E-state index in [4.69, 9.17) is 14.5 Å². The molecule has 0 radical (unpaired) electrons. The fraction of sp³-hybridized carbons (Fsp3) is 0.200. The van der Waals surface area contributed by atoms with Gasteiger partial charge in [-0.05, 0) is 30.3 Å². The summed E-state index contributed by atoms with van der Waals surface area (Å²) in [5.74, 6) is 1.22. The van der Waals surface area contributed by atoms with Crippen LogP contribution in [0.5, 0.6) is 11.5 Å². The minimum Gasteiger partial charge on any atom is -0.493 e. The summed E-state index contributed by atoms with van der Waals surface area (Å²) in [6.07, 6.45) is 0. The van der Waals surface area contributed by atoms with Crippen molar-refractivity contribution in [2.45, 2.75) is 0 Å². The third-order valence-corrected chi connectivity index (χ3v) is 4.03. The van der Waals surface area contributed by atoms with Gasteiger partial charge in [-0.15, -0.1) is 0 Å². The predicted molar refractivity (Wildman–Crippen MR) is 98.3 cm³/mol. The molecule has 3 rings (SSSR count). The number of benzene rings is 2. The molecule has 0 fully saturated rings. The molecular weight excluding hydrogens is 316 g/mol. The predicted octanol–water partition coefficient (Wildman–Crippen LogP) is 3.62. The van der Waals surface area contributed by atoms with Crippen molar-refractivity contribution < 1.29 is 14.3 Å². The average Bonchev–Trinajstić information content (AvgIpc) is 2.65. The zero-order chi connectivity index (χ0) is 18.0. The normalized spacial score (nSPS) is 10.6. The summed E-state index contributed by atoms with van der Waals surface area (Å²) in [6.45, 7) is 0. The second-order valence-corrected chi connectivity index (χ2v) is 5.84. The number of amides is 1. The number of pyridine rings is 1. The Bertz CT molecular complexity index is 935. The maximum absolute atomic E-state index is 12.6. The summed E-state index contributed by atoms with van der Waals surface area (Å²) in [5, 5.41) is 0.838. The molecule has 3 aromatic rings. The number of aromatic nitrogens is 1. The van der Waals surface area contributed by atoms with Crippen molar-refractivity contribution in [3.05, 3.63) is 54.1 Å². The molecule has 0 unspecified atom stereocenters. The molecule has 0 aliphatic carbocycles. The highest BCUT2D eigenvalue weighted by Crippen LogP contribution is 2.33. The van der Waals surface area contributed by atoms with Crippen LogP contribution in [0.4, 0.5) is 0 Å². The van der Waals surface area contributed by atoms with E-state index in [1.54, 1.807) is 33.2 Å². The lowest BCUT2D eigenvalue weighted by molar-refractivity contribution is 0.0829. The SMILES string of the molecule is COc1ccc(-c2cc(C(=O)N(C)C)c3ccccc3n2)cc1OC. The molecule has 1 amide bonds. The van der Waals surface area contributed by atoms with Crippen LogP contribution in [0, 0.1) is 0 Å². The molecule has 0 saturated heterocycles. The van der Waals surface area contributed by atoms with Crippen molar-refractivity contribution in [2.75, 3.05) is 28.3 Å². The second-order valence-electron chi connectivity index (χ2n) is 5.84. The summed E-state index contributed by atoms with van der Waals surface area (Å²) >= 11 is 0. The van der Waals surface area contributed by atoms with Crippen LogP contribution in [0.2, 0.25) is 0 Å². The van der Waals surface area contributed by atoms with Crippen molar-refractivity contribution >= 4 is 16.8 Å². The molecule has 0 N–H and O–H groups in total. The molecule has 0 atom stereocenters. The number of hydrogen-bond donors (Lipinski definition) is 0. The van der Waals surface area contributed by atoms with E-state index in [1.807, 2.05) is 48.5 Å². The Morgan fingerprint density at radius 3 is 2.36 bits per heavy atom. The van der Waals surface area contributed by atoms with Crippen molar-refractivity contribution in [3.63, 3.8) is 0 Å². The Kier molecular flexibility index (Phi) is 4.57. The van der Waals surface area contributed by atoms with Crippen LogP contribution in [0.1, 0.15) is 10.4 Å². The molecule has 0 aliphatic heterocycles. The Balaban J connectivity index is 2.22. The zero-order valence-corrected chi connectivity index (χ0v) is 14.7. The Hall–Kier alpha value is -3.08. The van der Waals surface area contributed by atoms with Gasteiger partial charge in [-0.25, -0.2) is 4.98 Å². The van der Waals surface area contributed by atoms with E-state index in [2.05, 4.69) is 0 Å². The lowest BCUT2D eigenvalue weighted by Crippen LogP contribution is -2.22. The summed E-state index contributed by atoms with van der Waals surface area (Å²) in [7, 11) is 6.68. The monoisotopic (exact) mass is 336 g/mol. The van der Waals surface area contributed by atoms with Gasteiger partial charge in [0.2, 0.25) is 0 Å². The molecule has 0 bridgehead atoms. The summed E-state index contributed by atoms with van der Waals surface area (Å²) < 4.78 is 10.7. The molecule has 128 valence electrons. The van der Waals surface area contributed by atoms with Crippen molar-refractivity contribution in [3.8, 4) is 22.8 Å². The van der Waals surface area contributed by atoms with Crippen LogP contribution in [0.25, 0.3) is 22.2 Å². The third-order valence-electron chi connectivity index (χ3n) is 4.03. The van der Waals surface area contributed by atoms with E-state index in [9.17, 15) is 4.79 Å². The van der Waals surface area contributed by atoms with Crippen LogP contribution >= 0.6 is 0 Å². The smallest absolute Gasteiger partial charge is 0.254 e. The number of carbonyl (C=O) groups excluding carboxylic acids is 1. The van der Waals surface area contributed by atoms with E-state index < -0.39 is 0 Å². The summed E-state index contributed by atoms with van der Waals surface area (Å²) in [6, 6.07) is 15.1. The van der Waals surface area contributed by atoms with Gasteiger partial charge in [-0.2, -0.15) is 0 Å². The van der Waals surface area contributed by atoms with E-state index in [-0.39, 0.29) is 5.91 Å². The highest BCUT2D eigenvalue weighted by molar-refractivity contribution is 6.07. The molecular formula is C20H20N2O3. The first-order chi connectivity index (χ1) is 12.0. The summed E-state index contributed by atoms with van der Waals surface area (Å²) in [5.41, 5.74) is 2.97.